The molecule has 3 rings (SSSR count). The lowest BCUT2D eigenvalue weighted by Gasteiger charge is -2.08. The molecule has 0 atom stereocenters. The quantitative estimate of drug-likeness (QED) is 0.591. The monoisotopic (exact) mass is 339 g/mol. The summed E-state index contributed by atoms with van der Waals surface area (Å²) in [5.74, 6) is 0.0960. The average Bonchev–Trinajstić information content (AvgIpc) is 3.01. The fraction of sp³-hybridized carbons (Fsp3) is 0.533. The van der Waals surface area contributed by atoms with Crippen LogP contribution in [0.3, 0.4) is 0 Å². The molecule has 0 spiro atoms. The number of halogens is 1. The maximum absolute atomic E-state index is 10.5. The summed E-state index contributed by atoms with van der Waals surface area (Å²) in [7, 11) is 0. The van der Waals surface area contributed by atoms with Gasteiger partial charge >= 0.3 is 5.97 Å². The van der Waals surface area contributed by atoms with E-state index in [4.69, 9.17) is 16.7 Å². The minimum absolute atomic E-state index is 0.238. The first-order valence-electron chi connectivity index (χ1n) is 7.58. The van der Waals surface area contributed by atoms with Crippen molar-refractivity contribution in [3.05, 3.63) is 15.7 Å². The molecule has 0 aromatic carbocycles. The van der Waals surface area contributed by atoms with E-state index in [1.807, 2.05) is 0 Å². The highest BCUT2D eigenvalue weighted by Gasteiger charge is 2.21. The number of unbranched alkanes of at least 4 members (excludes halogenated alkanes) is 2. The largest absolute Gasteiger partial charge is 0.481 e. The maximum atomic E-state index is 10.5. The van der Waals surface area contributed by atoms with E-state index in [1.165, 1.54) is 16.9 Å². The van der Waals surface area contributed by atoms with Crippen LogP contribution < -0.4 is 5.32 Å². The van der Waals surface area contributed by atoms with Gasteiger partial charge in [-0.25, -0.2) is 9.97 Å². The van der Waals surface area contributed by atoms with E-state index >= 15 is 0 Å². The molecule has 0 bridgehead atoms. The highest BCUT2D eigenvalue weighted by atomic mass is 35.5. The number of carboxylic acid groups (broad SMARTS) is 1. The van der Waals surface area contributed by atoms with Crippen LogP contribution in [0.25, 0.3) is 10.2 Å². The lowest BCUT2D eigenvalue weighted by molar-refractivity contribution is -0.137. The first-order chi connectivity index (χ1) is 10.6. The molecule has 0 radical (unpaired) electrons. The summed E-state index contributed by atoms with van der Waals surface area (Å²) in [6.45, 7) is 0.771. The molecule has 0 amide bonds. The molecule has 5 nitrogen and oxygen atoms in total. The molecule has 0 saturated heterocycles. The molecule has 2 heterocycles. The third-order valence-electron chi connectivity index (χ3n) is 3.90. The second kappa shape index (κ2) is 6.79. The number of fused-ring (bicyclic) bond motifs is 3. The zero-order chi connectivity index (χ0) is 15.5. The van der Waals surface area contributed by atoms with Crippen molar-refractivity contribution in [3.8, 4) is 0 Å². The highest BCUT2D eigenvalue weighted by Crippen LogP contribution is 2.39. The number of aromatic nitrogens is 2. The van der Waals surface area contributed by atoms with Gasteiger partial charge in [-0.1, -0.05) is 6.42 Å². The van der Waals surface area contributed by atoms with Crippen LogP contribution in [0, 0.1) is 0 Å². The zero-order valence-corrected chi connectivity index (χ0v) is 13.8. The number of rotatable bonds is 7. The van der Waals surface area contributed by atoms with Crippen LogP contribution >= 0.6 is 22.9 Å². The molecular weight excluding hydrogens is 322 g/mol. The number of nitrogens with one attached hydrogen (secondary N) is 1. The van der Waals surface area contributed by atoms with Crippen LogP contribution in [0.5, 0.6) is 0 Å². The molecule has 1 aliphatic rings. The van der Waals surface area contributed by atoms with Gasteiger partial charge in [0.15, 0.2) is 0 Å². The van der Waals surface area contributed by atoms with Crippen LogP contribution in [-0.2, 0) is 17.6 Å². The Balaban J connectivity index is 1.67. The minimum atomic E-state index is -0.730. The normalized spacial score (nSPS) is 13.5. The average molecular weight is 340 g/mol. The third kappa shape index (κ3) is 3.33. The first kappa shape index (κ1) is 15.5. The van der Waals surface area contributed by atoms with E-state index in [1.54, 1.807) is 11.3 Å². The second-order valence-electron chi connectivity index (χ2n) is 5.51. The van der Waals surface area contributed by atoms with Gasteiger partial charge < -0.3 is 10.4 Å². The summed E-state index contributed by atoms with van der Waals surface area (Å²) in [6, 6.07) is 0. The number of hydrogen-bond acceptors (Lipinski definition) is 5. The van der Waals surface area contributed by atoms with Crippen molar-refractivity contribution < 1.29 is 9.90 Å². The molecule has 2 aromatic heterocycles. The van der Waals surface area contributed by atoms with Crippen molar-refractivity contribution in [1.29, 1.82) is 0 Å². The van der Waals surface area contributed by atoms with Gasteiger partial charge in [0.05, 0.1) is 5.39 Å². The van der Waals surface area contributed by atoms with Gasteiger partial charge in [-0.05, 0) is 49.3 Å². The zero-order valence-electron chi connectivity index (χ0n) is 12.2. The Hall–Kier alpha value is -1.40. The summed E-state index contributed by atoms with van der Waals surface area (Å²) in [4.78, 5) is 21.6. The van der Waals surface area contributed by atoms with Crippen molar-refractivity contribution in [2.75, 3.05) is 11.9 Å². The number of nitrogens with zero attached hydrogens (tertiary/aromatic N) is 2. The van der Waals surface area contributed by atoms with Crippen LogP contribution in [0.1, 0.15) is 42.5 Å². The lowest BCUT2D eigenvalue weighted by Crippen LogP contribution is -2.05. The van der Waals surface area contributed by atoms with Gasteiger partial charge in [0, 0.05) is 17.8 Å². The number of thiophene rings is 1. The Morgan fingerprint density at radius 3 is 2.95 bits per heavy atom. The van der Waals surface area contributed by atoms with Crippen molar-refractivity contribution in [1.82, 2.24) is 9.97 Å². The van der Waals surface area contributed by atoms with E-state index in [0.29, 0.717) is 6.42 Å². The van der Waals surface area contributed by atoms with E-state index in [-0.39, 0.29) is 11.7 Å². The fourth-order valence-electron chi connectivity index (χ4n) is 2.88. The molecule has 0 saturated carbocycles. The predicted octanol–water partition coefficient (Wildman–Crippen LogP) is 3.89. The molecule has 22 heavy (non-hydrogen) atoms. The molecule has 0 fully saturated rings. The third-order valence-corrected chi connectivity index (χ3v) is 5.25. The number of hydrogen-bond donors (Lipinski definition) is 2. The first-order valence-corrected chi connectivity index (χ1v) is 8.78. The van der Waals surface area contributed by atoms with E-state index in [9.17, 15) is 4.79 Å². The Morgan fingerprint density at radius 1 is 1.27 bits per heavy atom. The van der Waals surface area contributed by atoms with Gasteiger partial charge in [-0.3, -0.25) is 4.79 Å². The second-order valence-corrected chi connectivity index (χ2v) is 6.93. The molecular formula is C15H18ClN3O2S. The minimum Gasteiger partial charge on any atom is -0.481 e. The number of anilines is 1. The Morgan fingerprint density at radius 2 is 2.14 bits per heavy atom. The molecule has 118 valence electrons. The molecule has 1 aliphatic carbocycles. The Bertz CT molecular complexity index is 702. The predicted molar refractivity (Wildman–Crippen MR) is 89.0 cm³/mol. The van der Waals surface area contributed by atoms with Crippen LogP contribution in [0.15, 0.2) is 0 Å². The molecule has 2 N–H and O–H groups in total. The molecule has 0 aliphatic heterocycles. The van der Waals surface area contributed by atoms with Crippen molar-refractivity contribution in [3.63, 3.8) is 0 Å². The topological polar surface area (TPSA) is 75.1 Å². The molecule has 2 aromatic rings. The molecule has 0 unspecified atom stereocenters. The van der Waals surface area contributed by atoms with Crippen molar-refractivity contribution in [2.45, 2.75) is 44.9 Å². The van der Waals surface area contributed by atoms with Crippen LogP contribution in [-0.4, -0.2) is 27.6 Å². The number of carboxylic acids is 1. The Labute approximate surface area is 137 Å². The Kier molecular flexibility index (Phi) is 4.78. The van der Waals surface area contributed by atoms with E-state index < -0.39 is 5.97 Å². The highest BCUT2D eigenvalue weighted by molar-refractivity contribution is 7.19. The van der Waals surface area contributed by atoms with Gasteiger partial charge in [0.25, 0.3) is 0 Å². The number of carbonyl (C=O) groups is 1. The van der Waals surface area contributed by atoms with Gasteiger partial charge in [0.2, 0.25) is 5.28 Å². The standard InChI is InChI=1S/C15H18ClN3O2S/c16-15-18-13(17-8-3-1-2-7-11(20)21)12-9-5-4-6-10(9)22-14(12)19-15/h1-8H2,(H,20,21)(H,17,18,19). The van der Waals surface area contributed by atoms with E-state index in [2.05, 4.69) is 15.3 Å². The van der Waals surface area contributed by atoms with Gasteiger partial charge in [-0.15, -0.1) is 11.3 Å². The van der Waals surface area contributed by atoms with Gasteiger partial charge in [0.1, 0.15) is 10.6 Å². The number of aliphatic carboxylic acids is 1. The van der Waals surface area contributed by atoms with Crippen LogP contribution in [0.4, 0.5) is 5.82 Å². The SMILES string of the molecule is O=C(O)CCCCCNc1nc(Cl)nc2sc3c(c12)CCC3. The van der Waals surface area contributed by atoms with E-state index in [0.717, 1.165) is 48.3 Å². The van der Waals surface area contributed by atoms with Gasteiger partial charge in [-0.2, -0.15) is 0 Å². The fourth-order valence-corrected chi connectivity index (χ4v) is 4.36. The smallest absolute Gasteiger partial charge is 0.303 e. The summed E-state index contributed by atoms with van der Waals surface area (Å²) in [5.41, 5.74) is 1.38. The summed E-state index contributed by atoms with van der Waals surface area (Å²) in [6.07, 6.45) is 6.18. The van der Waals surface area contributed by atoms with Crippen molar-refractivity contribution >= 4 is 44.9 Å². The van der Waals surface area contributed by atoms with Crippen molar-refractivity contribution in [2.24, 2.45) is 0 Å². The molecule has 7 heteroatoms. The summed E-state index contributed by atoms with van der Waals surface area (Å²) < 4.78 is 0. The maximum Gasteiger partial charge on any atom is 0.303 e. The summed E-state index contributed by atoms with van der Waals surface area (Å²) in [5, 5.41) is 13.4. The summed E-state index contributed by atoms with van der Waals surface area (Å²) >= 11 is 7.75. The number of aryl methyl sites for hydroxylation is 2. The lowest BCUT2D eigenvalue weighted by atomic mass is 10.1. The van der Waals surface area contributed by atoms with Crippen LogP contribution in [0.2, 0.25) is 5.28 Å².